The summed E-state index contributed by atoms with van der Waals surface area (Å²) < 4.78 is 5.51. The van der Waals surface area contributed by atoms with Gasteiger partial charge in [-0.05, 0) is 31.9 Å². The molecule has 0 saturated heterocycles. The van der Waals surface area contributed by atoms with Gasteiger partial charge in [-0.1, -0.05) is 6.07 Å². The number of hydrogen-bond acceptors (Lipinski definition) is 3. The van der Waals surface area contributed by atoms with Crippen LogP contribution in [0.25, 0.3) is 0 Å². The molecular weight excluding hydrogens is 256 g/mol. The number of aryl methyl sites for hydroxylation is 1. The fourth-order valence-electron chi connectivity index (χ4n) is 2.25. The van der Waals surface area contributed by atoms with Gasteiger partial charge in [-0.2, -0.15) is 0 Å². The summed E-state index contributed by atoms with van der Waals surface area (Å²) in [6.45, 7) is 5.26. The van der Waals surface area contributed by atoms with Crippen LogP contribution in [0.1, 0.15) is 25.8 Å². The average molecular weight is 276 g/mol. The first kappa shape index (κ1) is 14.4. The van der Waals surface area contributed by atoms with Crippen molar-refractivity contribution in [2.45, 2.75) is 26.7 Å². The molecular formula is C15H20N2O3. The second kappa shape index (κ2) is 6.41. The Kier molecular flexibility index (Phi) is 4.61. The molecule has 108 valence electrons. The molecule has 0 fully saturated rings. The molecule has 2 rings (SSSR count). The molecule has 0 saturated carbocycles. The summed E-state index contributed by atoms with van der Waals surface area (Å²) in [5.41, 5.74) is 1.89. The third-order valence-electron chi connectivity index (χ3n) is 3.46. The van der Waals surface area contributed by atoms with E-state index in [9.17, 15) is 9.59 Å². The molecule has 0 aliphatic carbocycles. The van der Waals surface area contributed by atoms with Crippen LogP contribution in [0.2, 0.25) is 0 Å². The molecule has 0 unspecified atom stereocenters. The van der Waals surface area contributed by atoms with E-state index in [1.807, 2.05) is 26.0 Å². The minimum Gasteiger partial charge on any atom is -0.484 e. The first-order valence-electron chi connectivity index (χ1n) is 6.97. The molecule has 1 aliphatic heterocycles. The second-order valence-corrected chi connectivity index (χ2v) is 4.72. The Morgan fingerprint density at radius 1 is 1.30 bits per heavy atom. The molecule has 0 bridgehead atoms. The van der Waals surface area contributed by atoms with Gasteiger partial charge in [0.05, 0.1) is 0 Å². The standard InChI is InChI=1S/C15H20N2O3/c1-3-17(4-2)15(19)10-20-12-7-5-11-6-8-14(18)16-13(11)9-12/h5,7,9H,3-4,6,8,10H2,1-2H3,(H,16,18). The van der Waals surface area contributed by atoms with Gasteiger partial charge in [0.15, 0.2) is 6.61 Å². The molecule has 0 aromatic heterocycles. The van der Waals surface area contributed by atoms with E-state index in [-0.39, 0.29) is 18.4 Å². The lowest BCUT2D eigenvalue weighted by atomic mass is 10.0. The normalized spacial score (nSPS) is 13.4. The average Bonchev–Trinajstić information content (AvgIpc) is 2.46. The summed E-state index contributed by atoms with van der Waals surface area (Å²) in [6.07, 6.45) is 1.27. The van der Waals surface area contributed by atoms with Crippen molar-refractivity contribution in [1.82, 2.24) is 4.90 Å². The largest absolute Gasteiger partial charge is 0.484 e. The smallest absolute Gasteiger partial charge is 0.260 e. The molecule has 0 atom stereocenters. The molecule has 20 heavy (non-hydrogen) atoms. The van der Waals surface area contributed by atoms with Crippen molar-refractivity contribution < 1.29 is 14.3 Å². The maximum absolute atomic E-state index is 11.9. The number of nitrogens with zero attached hydrogens (tertiary/aromatic N) is 1. The number of hydrogen-bond donors (Lipinski definition) is 1. The van der Waals surface area contributed by atoms with Crippen molar-refractivity contribution in [3.8, 4) is 5.75 Å². The van der Waals surface area contributed by atoms with Gasteiger partial charge in [0.25, 0.3) is 5.91 Å². The fraction of sp³-hybridized carbons (Fsp3) is 0.467. The zero-order chi connectivity index (χ0) is 14.5. The van der Waals surface area contributed by atoms with Crippen LogP contribution in [0, 0.1) is 0 Å². The third kappa shape index (κ3) is 3.29. The minimum absolute atomic E-state index is 0.0221. The van der Waals surface area contributed by atoms with E-state index in [1.165, 1.54) is 0 Å². The third-order valence-corrected chi connectivity index (χ3v) is 3.46. The van der Waals surface area contributed by atoms with Gasteiger partial charge in [0.1, 0.15) is 5.75 Å². The first-order valence-corrected chi connectivity index (χ1v) is 6.97. The van der Waals surface area contributed by atoms with Crippen LogP contribution in [0.5, 0.6) is 5.75 Å². The molecule has 1 aromatic carbocycles. The molecule has 1 heterocycles. The predicted octanol–water partition coefficient (Wildman–Crippen LogP) is 1.82. The van der Waals surface area contributed by atoms with Crippen molar-refractivity contribution in [2.24, 2.45) is 0 Å². The molecule has 1 N–H and O–H groups in total. The van der Waals surface area contributed by atoms with E-state index in [0.29, 0.717) is 25.3 Å². The summed E-state index contributed by atoms with van der Waals surface area (Å²) in [6, 6.07) is 5.56. The number of amides is 2. The number of fused-ring (bicyclic) bond motifs is 1. The Balaban J connectivity index is 1.99. The highest BCUT2D eigenvalue weighted by Gasteiger charge is 2.16. The van der Waals surface area contributed by atoms with Gasteiger partial charge < -0.3 is 15.0 Å². The van der Waals surface area contributed by atoms with Gasteiger partial charge in [-0.25, -0.2) is 0 Å². The number of rotatable bonds is 5. The van der Waals surface area contributed by atoms with Crippen molar-refractivity contribution in [3.05, 3.63) is 23.8 Å². The van der Waals surface area contributed by atoms with Crippen LogP contribution in [-0.4, -0.2) is 36.4 Å². The summed E-state index contributed by atoms with van der Waals surface area (Å²) in [5, 5.41) is 2.82. The van der Waals surface area contributed by atoms with E-state index >= 15 is 0 Å². The minimum atomic E-state index is -0.0308. The van der Waals surface area contributed by atoms with Gasteiger partial charge >= 0.3 is 0 Å². The van der Waals surface area contributed by atoms with Gasteiger partial charge in [-0.15, -0.1) is 0 Å². The Morgan fingerprint density at radius 3 is 2.75 bits per heavy atom. The van der Waals surface area contributed by atoms with Gasteiger partial charge in [0.2, 0.25) is 5.91 Å². The molecule has 1 aliphatic rings. The lowest BCUT2D eigenvalue weighted by Crippen LogP contribution is -2.34. The van der Waals surface area contributed by atoms with E-state index in [0.717, 1.165) is 17.7 Å². The van der Waals surface area contributed by atoms with Crippen molar-refractivity contribution in [2.75, 3.05) is 25.0 Å². The van der Waals surface area contributed by atoms with Crippen LogP contribution in [-0.2, 0) is 16.0 Å². The zero-order valence-electron chi connectivity index (χ0n) is 11.9. The number of anilines is 1. The monoisotopic (exact) mass is 276 g/mol. The molecule has 1 aromatic rings. The number of nitrogens with one attached hydrogen (secondary N) is 1. The molecule has 0 radical (unpaired) electrons. The number of carbonyl (C=O) groups excluding carboxylic acids is 2. The summed E-state index contributed by atoms with van der Waals surface area (Å²) in [5.74, 6) is 0.595. The predicted molar refractivity (Wildman–Crippen MR) is 76.8 cm³/mol. The Bertz CT molecular complexity index is 510. The summed E-state index contributed by atoms with van der Waals surface area (Å²) in [4.78, 5) is 24.9. The topological polar surface area (TPSA) is 58.6 Å². The number of carbonyl (C=O) groups is 2. The number of likely N-dealkylation sites (N-methyl/N-ethyl adjacent to an activating group) is 1. The second-order valence-electron chi connectivity index (χ2n) is 4.72. The van der Waals surface area contributed by atoms with E-state index in [2.05, 4.69) is 5.32 Å². The van der Waals surface area contributed by atoms with Gasteiger partial charge in [-0.3, -0.25) is 9.59 Å². The number of benzene rings is 1. The van der Waals surface area contributed by atoms with Crippen LogP contribution in [0.15, 0.2) is 18.2 Å². The van der Waals surface area contributed by atoms with Crippen molar-refractivity contribution in [3.63, 3.8) is 0 Å². The highest BCUT2D eigenvalue weighted by atomic mass is 16.5. The summed E-state index contributed by atoms with van der Waals surface area (Å²) >= 11 is 0. The van der Waals surface area contributed by atoms with E-state index in [4.69, 9.17) is 4.74 Å². The highest BCUT2D eigenvalue weighted by molar-refractivity contribution is 5.94. The summed E-state index contributed by atoms with van der Waals surface area (Å²) in [7, 11) is 0. The Hall–Kier alpha value is -2.04. The molecule has 2 amide bonds. The maximum Gasteiger partial charge on any atom is 0.260 e. The lowest BCUT2D eigenvalue weighted by Gasteiger charge is -2.20. The maximum atomic E-state index is 11.9. The lowest BCUT2D eigenvalue weighted by molar-refractivity contribution is -0.133. The van der Waals surface area contributed by atoms with Crippen LogP contribution < -0.4 is 10.1 Å². The molecule has 5 nitrogen and oxygen atoms in total. The van der Waals surface area contributed by atoms with Crippen LogP contribution >= 0.6 is 0 Å². The van der Waals surface area contributed by atoms with Crippen molar-refractivity contribution >= 4 is 17.5 Å². The SMILES string of the molecule is CCN(CC)C(=O)COc1ccc2c(c1)NC(=O)CC2. The zero-order valence-corrected chi connectivity index (χ0v) is 11.9. The van der Waals surface area contributed by atoms with Crippen molar-refractivity contribution in [1.29, 1.82) is 0 Å². The van der Waals surface area contributed by atoms with E-state index in [1.54, 1.807) is 11.0 Å². The molecule has 5 heteroatoms. The fourth-order valence-corrected chi connectivity index (χ4v) is 2.25. The molecule has 0 spiro atoms. The number of ether oxygens (including phenoxy) is 1. The quantitative estimate of drug-likeness (QED) is 0.892. The highest BCUT2D eigenvalue weighted by Crippen LogP contribution is 2.27. The van der Waals surface area contributed by atoms with E-state index < -0.39 is 0 Å². The first-order chi connectivity index (χ1) is 9.63. The van der Waals surface area contributed by atoms with Gasteiger partial charge in [0, 0.05) is 31.3 Å². The van der Waals surface area contributed by atoms with Crippen LogP contribution in [0.3, 0.4) is 0 Å². The Labute approximate surface area is 118 Å². The van der Waals surface area contributed by atoms with Crippen LogP contribution in [0.4, 0.5) is 5.69 Å². The Morgan fingerprint density at radius 2 is 2.05 bits per heavy atom.